The Morgan fingerprint density at radius 3 is 2.59 bits per heavy atom. The summed E-state index contributed by atoms with van der Waals surface area (Å²) in [5.74, 6) is -1.31. The summed E-state index contributed by atoms with van der Waals surface area (Å²) < 4.78 is 19.0. The molecular formula is C21H24FNO4. The fraction of sp³-hybridized carbons (Fsp3) is 0.429. The summed E-state index contributed by atoms with van der Waals surface area (Å²) >= 11 is 0. The van der Waals surface area contributed by atoms with Crippen LogP contribution in [0.3, 0.4) is 0 Å². The zero-order chi connectivity index (χ0) is 19.4. The summed E-state index contributed by atoms with van der Waals surface area (Å²) in [6.07, 6.45) is 4.90. The van der Waals surface area contributed by atoms with E-state index >= 15 is 0 Å². The Bertz CT molecular complexity index is 823. The zero-order valence-electron chi connectivity index (χ0n) is 15.4. The molecule has 1 fully saturated rings. The molecule has 1 saturated carbocycles. The molecule has 1 aromatic heterocycles. The molecule has 1 aliphatic carbocycles. The molecule has 2 aromatic rings. The first-order chi connectivity index (χ1) is 13.0. The average molecular weight is 373 g/mol. The van der Waals surface area contributed by atoms with E-state index in [2.05, 4.69) is 0 Å². The average Bonchev–Trinajstić information content (AvgIpc) is 3.31. The number of hydrogen-bond donors (Lipinski definition) is 1. The van der Waals surface area contributed by atoms with E-state index in [0.717, 1.165) is 31.2 Å². The highest BCUT2D eigenvalue weighted by molar-refractivity contribution is 5.96. The van der Waals surface area contributed by atoms with Crippen LogP contribution in [-0.4, -0.2) is 34.5 Å². The van der Waals surface area contributed by atoms with Crippen molar-refractivity contribution in [1.29, 1.82) is 0 Å². The van der Waals surface area contributed by atoms with Crippen molar-refractivity contribution < 1.29 is 23.5 Å². The second kappa shape index (κ2) is 8.37. The third-order valence-corrected chi connectivity index (χ3v) is 5.13. The standard InChI is InChI=1S/C21H24FNO4/c1-2-18-17(21(25)26)13-19(27-18)20(24)23(16-8-3-4-9-16)11-10-14-6-5-7-15(22)12-14/h5-7,12-13,16H,2-4,8-11H2,1H3,(H,25,26). The third kappa shape index (κ3) is 4.38. The predicted octanol–water partition coefficient (Wildman–Crippen LogP) is 4.31. The van der Waals surface area contributed by atoms with Crippen LogP contribution < -0.4 is 0 Å². The Morgan fingerprint density at radius 2 is 2.00 bits per heavy atom. The van der Waals surface area contributed by atoms with Crippen molar-refractivity contribution in [3.8, 4) is 0 Å². The van der Waals surface area contributed by atoms with Gasteiger partial charge in [0.15, 0.2) is 5.76 Å². The second-order valence-electron chi connectivity index (χ2n) is 6.92. The van der Waals surface area contributed by atoms with Gasteiger partial charge in [0.25, 0.3) is 5.91 Å². The molecule has 0 bridgehead atoms. The van der Waals surface area contributed by atoms with Crippen LogP contribution >= 0.6 is 0 Å². The third-order valence-electron chi connectivity index (χ3n) is 5.13. The maximum atomic E-state index is 13.4. The quantitative estimate of drug-likeness (QED) is 0.785. The van der Waals surface area contributed by atoms with Crippen LogP contribution in [0.4, 0.5) is 4.39 Å². The Balaban J connectivity index is 1.82. The lowest BCUT2D eigenvalue weighted by Gasteiger charge is -2.28. The van der Waals surface area contributed by atoms with Crippen LogP contribution in [0.2, 0.25) is 0 Å². The highest BCUT2D eigenvalue weighted by atomic mass is 19.1. The molecule has 1 amide bonds. The van der Waals surface area contributed by atoms with Crippen molar-refractivity contribution in [2.45, 2.75) is 51.5 Å². The number of carboxylic acids is 1. The summed E-state index contributed by atoms with van der Waals surface area (Å²) in [7, 11) is 0. The monoisotopic (exact) mass is 373 g/mol. The molecule has 3 rings (SSSR count). The zero-order valence-corrected chi connectivity index (χ0v) is 15.4. The highest BCUT2D eigenvalue weighted by Gasteiger charge is 2.30. The molecule has 0 unspecified atom stereocenters. The van der Waals surface area contributed by atoms with Crippen LogP contribution in [0.1, 0.15) is 64.8 Å². The van der Waals surface area contributed by atoms with Gasteiger partial charge < -0.3 is 14.4 Å². The topological polar surface area (TPSA) is 70.8 Å². The van der Waals surface area contributed by atoms with Gasteiger partial charge in [0.1, 0.15) is 17.1 Å². The smallest absolute Gasteiger partial charge is 0.339 e. The minimum Gasteiger partial charge on any atom is -0.478 e. The van der Waals surface area contributed by atoms with Crippen molar-refractivity contribution >= 4 is 11.9 Å². The molecule has 27 heavy (non-hydrogen) atoms. The van der Waals surface area contributed by atoms with Crippen molar-refractivity contribution in [3.05, 3.63) is 58.8 Å². The Labute approximate surface area is 157 Å². The highest BCUT2D eigenvalue weighted by Crippen LogP contribution is 2.27. The van der Waals surface area contributed by atoms with Crippen LogP contribution in [0.25, 0.3) is 0 Å². The van der Waals surface area contributed by atoms with Gasteiger partial charge in [0.05, 0.1) is 0 Å². The number of halogens is 1. The summed E-state index contributed by atoms with van der Waals surface area (Å²) in [4.78, 5) is 26.2. The Kier molecular flexibility index (Phi) is 5.94. The number of nitrogens with zero attached hydrogens (tertiary/aromatic N) is 1. The number of aromatic carboxylic acids is 1. The number of furan rings is 1. The number of benzene rings is 1. The van der Waals surface area contributed by atoms with Crippen molar-refractivity contribution in [3.63, 3.8) is 0 Å². The van der Waals surface area contributed by atoms with E-state index in [4.69, 9.17) is 4.42 Å². The molecular weight excluding hydrogens is 349 g/mol. The van der Waals surface area contributed by atoms with E-state index in [1.54, 1.807) is 17.9 Å². The second-order valence-corrected chi connectivity index (χ2v) is 6.92. The van der Waals surface area contributed by atoms with Crippen molar-refractivity contribution in [1.82, 2.24) is 4.90 Å². The number of carbonyl (C=O) groups is 2. The summed E-state index contributed by atoms with van der Waals surface area (Å²) in [6.45, 7) is 2.23. The minimum absolute atomic E-state index is 0.0392. The van der Waals surface area contributed by atoms with Crippen molar-refractivity contribution in [2.24, 2.45) is 0 Å². The number of carbonyl (C=O) groups excluding carboxylic acids is 1. The molecule has 6 heteroatoms. The van der Waals surface area contributed by atoms with Crippen LogP contribution in [0.5, 0.6) is 0 Å². The number of rotatable bonds is 7. The fourth-order valence-corrected chi connectivity index (χ4v) is 3.73. The Hall–Kier alpha value is -2.63. The van der Waals surface area contributed by atoms with E-state index in [-0.39, 0.29) is 29.1 Å². The number of hydrogen-bond acceptors (Lipinski definition) is 3. The van der Waals surface area contributed by atoms with Crippen molar-refractivity contribution in [2.75, 3.05) is 6.54 Å². The molecule has 1 heterocycles. The number of carboxylic acid groups (broad SMARTS) is 1. The van der Waals surface area contributed by atoms with Gasteiger partial charge in [-0.1, -0.05) is 31.9 Å². The van der Waals surface area contributed by atoms with E-state index in [9.17, 15) is 19.1 Å². The molecule has 0 atom stereocenters. The van der Waals surface area contributed by atoms with E-state index in [1.165, 1.54) is 18.2 Å². The molecule has 1 aromatic carbocycles. The van der Waals surface area contributed by atoms with Crippen LogP contribution in [-0.2, 0) is 12.8 Å². The number of aryl methyl sites for hydroxylation is 1. The maximum Gasteiger partial charge on any atom is 0.339 e. The SMILES string of the molecule is CCc1oc(C(=O)N(CCc2cccc(F)c2)C2CCCC2)cc1C(=O)O. The fourth-order valence-electron chi connectivity index (χ4n) is 3.73. The maximum absolute atomic E-state index is 13.4. The molecule has 144 valence electrons. The Morgan fingerprint density at radius 1 is 1.26 bits per heavy atom. The van der Waals surface area contributed by atoms with Gasteiger partial charge in [-0.15, -0.1) is 0 Å². The van der Waals surface area contributed by atoms with Gasteiger partial charge in [-0.2, -0.15) is 0 Å². The van der Waals surface area contributed by atoms with Gasteiger partial charge in [-0.3, -0.25) is 4.79 Å². The first kappa shape index (κ1) is 19.1. The summed E-state index contributed by atoms with van der Waals surface area (Å²) in [5, 5.41) is 9.30. The van der Waals surface area contributed by atoms with Gasteiger partial charge in [-0.05, 0) is 37.0 Å². The molecule has 0 spiro atoms. The minimum atomic E-state index is -1.10. The number of amides is 1. The predicted molar refractivity (Wildman–Crippen MR) is 98.4 cm³/mol. The van der Waals surface area contributed by atoms with Gasteiger partial charge in [-0.25, -0.2) is 9.18 Å². The van der Waals surface area contributed by atoms with Gasteiger partial charge >= 0.3 is 5.97 Å². The molecule has 0 radical (unpaired) electrons. The molecule has 1 aliphatic rings. The lowest BCUT2D eigenvalue weighted by Crippen LogP contribution is -2.40. The molecule has 0 saturated heterocycles. The first-order valence-corrected chi connectivity index (χ1v) is 9.41. The lowest BCUT2D eigenvalue weighted by atomic mass is 10.1. The lowest BCUT2D eigenvalue weighted by molar-refractivity contribution is 0.0647. The molecule has 5 nitrogen and oxygen atoms in total. The van der Waals surface area contributed by atoms with E-state index in [1.807, 2.05) is 6.07 Å². The first-order valence-electron chi connectivity index (χ1n) is 9.41. The molecule has 0 aliphatic heterocycles. The molecule has 1 N–H and O–H groups in total. The van der Waals surface area contributed by atoms with Gasteiger partial charge in [0.2, 0.25) is 0 Å². The van der Waals surface area contributed by atoms with Crippen LogP contribution in [0, 0.1) is 5.82 Å². The van der Waals surface area contributed by atoms with Gasteiger partial charge in [0, 0.05) is 25.1 Å². The van der Waals surface area contributed by atoms with E-state index in [0.29, 0.717) is 25.1 Å². The summed E-state index contributed by atoms with van der Waals surface area (Å²) in [5.41, 5.74) is 0.864. The van der Waals surface area contributed by atoms with Crippen LogP contribution in [0.15, 0.2) is 34.7 Å². The largest absolute Gasteiger partial charge is 0.478 e. The summed E-state index contributed by atoms with van der Waals surface area (Å²) in [6, 6.07) is 7.80. The van der Waals surface area contributed by atoms with E-state index < -0.39 is 5.97 Å². The normalized spacial score (nSPS) is 14.4.